The van der Waals surface area contributed by atoms with Gasteiger partial charge in [0, 0.05) is 82.3 Å². The Morgan fingerprint density at radius 1 is 0.273 bits per heavy atom. The molecule has 21 rings (SSSR count). The predicted molar refractivity (Wildman–Crippen MR) is 448 cm³/mol. The zero-order chi connectivity index (χ0) is 74.0. The lowest BCUT2D eigenvalue weighted by Gasteiger charge is -2.32. The van der Waals surface area contributed by atoms with Crippen LogP contribution in [0.2, 0.25) is 5.28 Å². The van der Waals surface area contributed by atoms with Gasteiger partial charge in [0.05, 0.1) is 33.3 Å². The van der Waals surface area contributed by atoms with Gasteiger partial charge in [0.1, 0.15) is 22.3 Å². The van der Waals surface area contributed by atoms with E-state index in [1.807, 2.05) is 146 Å². The Morgan fingerprint density at radius 3 is 1.02 bits per heavy atom. The van der Waals surface area contributed by atoms with Crippen LogP contribution >= 0.6 is 11.6 Å². The highest BCUT2D eigenvalue weighted by atomic mass is 35.5. The molecule has 1 aliphatic heterocycles. The molecule has 20 aromatic rings. The Hall–Kier alpha value is -13.4. The largest absolute Gasteiger partial charge is 0.494 e. The fraction of sp³-hybridized carbons (Fsp3) is 0.0625. The fourth-order valence-electron chi connectivity index (χ4n) is 15.1. The van der Waals surface area contributed by atoms with E-state index in [-0.39, 0.29) is 5.28 Å². The van der Waals surface area contributed by atoms with Crippen molar-refractivity contribution in [3.05, 3.63) is 345 Å². The van der Waals surface area contributed by atoms with Gasteiger partial charge < -0.3 is 27.3 Å². The number of aromatic nitrogens is 8. The molecule has 0 aliphatic carbocycles. The van der Waals surface area contributed by atoms with Crippen molar-refractivity contribution >= 4 is 112 Å². The first-order valence-corrected chi connectivity index (χ1v) is 37.1. The molecule has 14 aromatic carbocycles. The summed E-state index contributed by atoms with van der Waals surface area (Å²) in [5.41, 5.74) is 19.3. The van der Waals surface area contributed by atoms with Gasteiger partial charge in [-0.25, -0.2) is 19.9 Å². The summed E-state index contributed by atoms with van der Waals surface area (Å²) in [6.07, 6.45) is 0. The van der Waals surface area contributed by atoms with Crippen LogP contribution in [0.5, 0.6) is 0 Å². The van der Waals surface area contributed by atoms with Crippen molar-refractivity contribution in [3.63, 3.8) is 0 Å². The molecule has 0 saturated carbocycles. The number of furan rings is 2. The van der Waals surface area contributed by atoms with Gasteiger partial charge in [-0.2, -0.15) is 9.97 Å². The highest BCUT2D eigenvalue weighted by Crippen LogP contribution is 2.45. The summed E-state index contributed by atoms with van der Waals surface area (Å²) in [5, 5.41) is 9.37. The highest BCUT2D eigenvalue weighted by Gasteiger charge is 2.52. The lowest BCUT2D eigenvalue weighted by atomic mass is 9.77. The second-order valence-electron chi connectivity index (χ2n) is 28.5. The third kappa shape index (κ3) is 12.3. The van der Waals surface area contributed by atoms with E-state index in [1.165, 1.54) is 38.1 Å². The molecule has 0 amide bonds. The molecule has 110 heavy (non-hydrogen) atoms. The zero-order valence-electron chi connectivity index (χ0n) is 60.5. The molecule has 1 fully saturated rings. The number of nitrogens with zero attached hydrogens (tertiary/aromatic N) is 8. The van der Waals surface area contributed by atoms with Crippen LogP contribution < -0.4 is 5.46 Å². The summed E-state index contributed by atoms with van der Waals surface area (Å²) >= 11 is 5.99. The molecule has 0 N–H and O–H groups in total. The summed E-state index contributed by atoms with van der Waals surface area (Å²) in [4.78, 5) is 27.8. The van der Waals surface area contributed by atoms with Crippen molar-refractivity contribution in [1.82, 2.24) is 39.0 Å². The number of hydrogen-bond acceptors (Lipinski definition) is 10. The monoisotopic (exact) mass is 1440 g/mol. The minimum Gasteiger partial charge on any atom is -0.456 e. The molecule has 0 bridgehead atoms. The molecule has 14 heteroatoms. The predicted octanol–water partition coefficient (Wildman–Crippen LogP) is 24.0. The van der Waals surface area contributed by atoms with Crippen LogP contribution in [0, 0.1) is 0 Å². The van der Waals surface area contributed by atoms with Crippen LogP contribution in [-0.4, -0.2) is 57.4 Å². The van der Waals surface area contributed by atoms with Gasteiger partial charge in [-0.3, -0.25) is 0 Å². The van der Waals surface area contributed by atoms with Gasteiger partial charge in [-0.1, -0.05) is 249 Å². The van der Waals surface area contributed by atoms with E-state index in [0.717, 1.165) is 116 Å². The third-order valence-corrected chi connectivity index (χ3v) is 21.3. The maximum Gasteiger partial charge on any atom is 0.494 e. The number of fused-ring (bicyclic) bond motifs is 12. The summed E-state index contributed by atoms with van der Waals surface area (Å²) in [7, 11) is -0.486. The topological polar surface area (TPSA) is 132 Å². The molecule has 1 aliphatic rings. The number of rotatable bonds is 10. The van der Waals surface area contributed by atoms with E-state index < -0.39 is 18.3 Å². The van der Waals surface area contributed by atoms with Gasteiger partial charge in [-0.15, -0.1) is 0 Å². The van der Waals surface area contributed by atoms with Crippen molar-refractivity contribution in [3.8, 4) is 90.6 Å². The first-order valence-electron chi connectivity index (χ1n) is 36.8. The molecule has 6 aromatic heterocycles. The van der Waals surface area contributed by atoms with Crippen molar-refractivity contribution < 1.29 is 18.1 Å². The third-order valence-electron chi connectivity index (χ3n) is 21.1. The number of para-hydroxylation sites is 6. The van der Waals surface area contributed by atoms with Crippen LogP contribution in [0.15, 0.2) is 349 Å². The molecule has 1 saturated heterocycles. The van der Waals surface area contributed by atoms with E-state index in [1.54, 1.807) is 0 Å². The van der Waals surface area contributed by atoms with E-state index in [0.29, 0.717) is 29.1 Å². The second kappa shape index (κ2) is 27.7. The van der Waals surface area contributed by atoms with Crippen LogP contribution in [0.4, 0.5) is 0 Å². The van der Waals surface area contributed by atoms with Gasteiger partial charge in [0.2, 0.25) is 5.28 Å². The van der Waals surface area contributed by atoms with Gasteiger partial charge in [-0.05, 0) is 158 Å². The van der Waals surface area contributed by atoms with Crippen LogP contribution in [0.25, 0.3) is 178 Å². The Morgan fingerprint density at radius 2 is 0.600 bits per heavy atom. The van der Waals surface area contributed by atoms with Crippen LogP contribution in [0.1, 0.15) is 27.7 Å². The maximum absolute atomic E-state index is 6.55. The van der Waals surface area contributed by atoms with E-state index in [9.17, 15) is 0 Å². The average molecular weight is 1440 g/mol. The highest BCUT2D eigenvalue weighted by molar-refractivity contribution is 6.62. The summed E-state index contributed by atoms with van der Waals surface area (Å²) in [6, 6.07) is 117. The molecule has 7 heterocycles. The number of hydrogen-bond donors (Lipinski definition) is 0. The molecule has 0 radical (unpaired) electrons. The molecule has 0 atom stereocenters. The van der Waals surface area contributed by atoms with E-state index in [4.69, 9.17) is 44.7 Å². The molecule has 0 spiro atoms. The minimum absolute atomic E-state index is 0.202. The van der Waals surface area contributed by atoms with E-state index in [2.05, 4.69) is 246 Å². The Labute approximate surface area is 639 Å². The zero-order valence-corrected chi connectivity index (χ0v) is 61.3. The van der Waals surface area contributed by atoms with Crippen molar-refractivity contribution in [2.24, 2.45) is 0 Å². The fourth-order valence-corrected chi connectivity index (χ4v) is 15.3. The Bertz CT molecular complexity index is 6740. The summed E-state index contributed by atoms with van der Waals surface area (Å²) in [6.45, 7) is 8.35. The lowest BCUT2D eigenvalue weighted by Crippen LogP contribution is -2.41. The molecule has 12 nitrogen and oxygen atoms in total. The first kappa shape index (κ1) is 67.2. The summed E-state index contributed by atoms with van der Waals surface area (Å²) < 4.78 is 30.6. The first-order chi connectivity index (χ1) is 53.9. The molecular formula is C96H68BClN8O4. The second-order valence-corrected chi connectivity index (χ2v) is 28.8. The summed E-state index contributed by atoms with van der Waals surface area (Å²) in [5.74, 6) is 2.99. The average Bonchev–Trinajstić information content (AvgIpc) is 1.58. The molecule has 526 valence electrons. The SMILES string of the molecule is CC1(C)OB(c2cc(-c3ccc4c(c3)c3ccccc3n4-c3ccccc3)c3c(c2)oc2ccccc23)OC1(C)C.Clc1nc(-c2ccccc2)nc(-c2ccccc2)n1.c1ccc(-c2nc(-c3ccccc3)nc(-c3cc(-c4ccc5c(c4)c4ccccc4n5-c4ccccc4)c4c(c3)oc3ccccc34)n2)cc1. The molecular weight excluding hydrogens is 1380 g/mol. The van der Waals surface area contributed by atoms with Gasteiger partial charge >= 0.3 is 7.12 Å². The Kier molecular flexibility index (Phi) is 16.9. The quantitative estimate of drug-likeness (QED) is 0.122. The van der Waals surface area contributed by atoms with Crippen molar-refractivity contribution in [2.75, 3.05) is 0 Å². The van der Waals surface area contributed by atoms with Gasteiger partial charge in [0.15, 0.2) is 29.1 Å². The van der Waals surface area contributed by atoms with Crippen LogP contribution in [0.3, 0.4) is 0 Å². The number of benzene rings is 14. The van der Waals surface area contributed by atoms with Crippen molar-refractivity contribution in [2.45, 2.75) is 38.9 Å². The lowest BCUT2D eigenvalue weighted by molar-refractivity contribution is 0.00578. The normalized spacial score (nSPS) is 13.2. The smallest absolute Gasteiger partial charge is 0.456 e. The van der Waals surface area contributed by atoms with Gasteiger partial charge in [0.25, 0.3) is 0 Å². The standard InChI is InChI=1S/C45H28N4O.C36H30BNO3.C15H10ClN3/c1-4-14-29(15-5-1)43-46-44(30-16-6-2-7-17-30)48-45(47-43)32-27-36(42-35-21-11-13-23-40(35)50-41(42)28-32)31-24-25-39-37(26-31)34-20-10-12-22-38(34)49(39)33-18-8-3-9-19-33;1-35(2)36(3,4)41-37(40-35)24-21-28(34-27-15-9-11-17-32(27)39-33(34)22-24)23-18-19-31-29(20-23)26-14-8-10-16-30(26)38(31)25-12-6-5-7-13-25;16-15-18-13(11-7-3-1-4-8-11)17-14(19-15)12-9-5-2-6-10-12/h1-28H;5-22H,1-4H3;1-10H. The van der Waals surface area contributed by atoms with E-state index >= 15 is 0 Å². The molecule has 0 unspecified atom stereocenters. The minimum atomic E-state index is -0.486. The Balaban J connectivity index is 0.000000122. The van der Waals surface area contributed by atoms with Crippen molar-refractivity contribution in [1.29, 1.82) is 0 Å². The number of halogens is 1. The maximum atomic E-state index is 6.55. The van der Waals surface area contributed by atoms with Crippen LogP contribution in [-0.2, 0) is 9.31 Å².